The largest absolute Gasteiger partial charge is 0.353 e. The highest BCUT2D eigenvalue weighted by Crippen LogP contribution is 2.34. The second-order valence-corrected chi connectivity index (χ2v) is 9.39. The van der Waals surface area contributed by atoms with Crippen LogP contribution in [0.15, 0.2) is 34.0 Å². The van der Waals surface area contributed by atoms with Gasteiger partial charge in [-0.3, -0.25) is 14.2 Å². The predicted octanol–water partition coefficient (Wildman–Crippen LogP) is 3.18. The minimum atomic E-state index is -0.159. The van der Waals surface area contributed by atoms with E-state index in [0.29, 0.717) is 16.8 Å². The van der Waals surface area contributed by atoms with E-state index < -0.39 is 0 Å². The third kappa shape index (κ3) is 3.52. The number of rotatable bonds is 6. The molecule has 0 unspecified atom stereocenters. The lowest BCUT2D eigenvalue weighted by Crippen LogP contribution is -2.51. The molecule has 6 nitrogen and oxygen atoms in total. The lowest BCUT2D eigenvalue weighted by atomic mass is 9.96. The van der Waals surface area contributed by atoms with Gasteiger partial charge < -0.3 is 10.2 Å². The highest BCUT2D eigenvalue weighted by atomic mass is 32.1. The highest BCUT2D eigenvalue weighted by Gasteiger charge is 2.36. The Labute approximate surface area is 171 Å². The Balaban J connectivity index is 1.53. The van der Waals surface area contributed by atoms with Gasteiger partial charge in [0.05, 0.1) is 11.7 Å². The zero-order valence-electron chi connectivity index (χ0n) is 16.1. The lowest BCUT2D eigenvalue weighted by Gasteiger charge is -2.36. The molecule has 0 atom stereocenters. The molecule has 0 saturated heterocycles. The first-order valence-corrected chi connectivity index (χ1v) is 11.2. The molecule has 3 aromatic rings. The van der Waals surface area contributed by atoms with Gasteiger partial charge in [0.25, 0.3) is 5.56 Å². The van der Waals surface area contributed by atoms with Crippen LogP contribution in [0.3, 0.4) is 0 Å². The van der Waals surface area contributed by atoms with E-state index in [4.69, 9.17) is 0 Å². The normalized spacial score (nSPS) is 16.1. The Kier molecular flexibility index (Phi) is 5.35. The van der Waals surface area contributed by atoms with E-state index >= 15 is 0 Å². The summed E-state index contributed by atoms with van der Waals surface area (Å²) in [5.74, 6) is -0.149. The average molecular weight is 417 g/mol. The third-order valence-corrected chi connectivity index (χ3v) is 7.55. The van der Waals surface area contributed by atoms with E-state index in [1.807, 2.05) is 22.9 Å². The van der Waals surface area contributed by atoms with Crippen LogP contribution in [-0.4, -0.2) is 46.5 Å². The number of aromatic nitrogens is 2. The third-order valence-electron chi connectivity index (χ3n) is 5.76. The van der Waals surface area contributed by atoms with Gasteiger partial charge in [0.2, 0.25) is 5.91 Å². The first-order chi connectivity index (χ1) is 13.5. The van der Waals surface area contributed by atoms with E-state index in [1.165, 1.54) is 35.1 Å². The molecule has 28 heavy (non-hydrogen) atoms. The molecule has 1 N–H and O–H groups in total. The minimum Gasteiger partial charge on any atom is -0.353 e. The molecule has 1 aliphatic rings. The van der Waals surface area contributed by atoms with E-state index in [1.54, 1.807) is 11.3 Å². The fraction of sp³-hybridized carbons (Fsp3) is 0.450. The topological polar surface area (TPSA) is 67.2 Å². The van der Waals surface area contributed by atoms with Gasteiger partial charge in [-0.05, 0) is 38.4 Å². The molecule has 0 spiro atoms. The van der Waals surface area contributed by atoms with Crippen LogP contribution in [0.1, 0.15) is 25.7 Å². The smallest absolute Gasteiger partial charge is 0.263 e. The van der Waals surface area contributed by atoms with Crippen LogP contribution >= 0.6 is 22.7 Å². The SMILES string of the molecule is CN(C)C1(CNC(=O)Cn2cnc3scc(-c4cccs4)c3c2=O)CCCC1. The van der Waals surface area contributed by atoms with E-state index in [9.17, 15) is 9.59 Å². The van der Waals surface area contributed by atoms with Crippen molar-refractivity contribution in [3.8, 4) is 10.4 Å². The number of nitrogens with zero attached hydrogens (tertiary/aromatic N) is 3. The molecule has 1 fully saturated rings. The monoisotopic (exact) mass is 416 g/mol. The van der Waals surface area contributed by atoms with Crippen LogP contribution < -0.4 is 10.9 Å². The van der Waals surface area contributed by atoms with Crippen LogP contribution in [-0.2, 0) is 11.3 Å². The molecule has 0 radical (unpaired) electrons. The van der Waals surface area contributed by atoms with E-state index in [-0.39, 0.29) is 23.6 Å². The molecule has 0 aliphatic heterocycles. The summed E-state index contributed by atoms with van der Waals surface area (Å²) in [7, 11) is 4.14. The molecule has 1 aliphatic carbocycles. The van der Waals surface area contributed by atoms with Crippen LogP contribution in [0.5, 0.6) is 0 Å². The summed E-state index contributed by atoms with van der Waals surface area (Å²) in [6.07, 6.45) is 6.05. The maximum absolute atomic E-state index is 13.0. The number of fused-ring (bicyclic) bond motifs is 1. The average Bonchev–Trinajstić information content (AvgIpc) is 3.42. The van der Waals surface area contributed by atoms with Crippen molar-refractivity contribution in [2.24, 2.45) is 0 Å². The maximum Gasteiger partial charge on any atom is 0.263 e. The van der Waals surface area contributed by atoms with Gasteiger partial charge >= 0.3 is 0 Å². The second-order valence-electron chi connectivity index (χ2n) is 7.59. The molecule has 1 amide bonds. The number of hydrogen-bond acceptors (Lipinski definition) is 6. The first kappa shape index (κ1) is 19.3. The molecule has 0 bridgehead atoms. The van der Waals surface area contributed by atoms with E-state index in [2.05, 4.69) is 29.3 Å². The zero-order valence-corrected chi connectivity index (χ0v) is 17.7. The summed E-state index contributed by atoms with van der Waals surface area (Å²) in [5, 5.41) is 7.60. The first-order valence-electron chi connectivity index (χ1n) is 9.45. The van der Waals surface area contributed by atoms with Crippen molar-refractivity contribution in [2.75, 3.05) is 20.6 Å². The Morgan fingerprint density at radius 2 is 2.11 bits per heavy atom. The second kappa shape index (κ2) is 7.77. The number of thiophene rings is 2. The highest BCUT2D eigenvalue weighted by molar-refractivity contribution is 7.18. The zero-order chi connectivity index (χ0) is 19.7. The van der Waals surface area contributed by atoms with Gasteiger partial charge in [-0.15, -0.1) is 22.7 Å². The lowest BCUT2D eigenvalue weighted by molar-refractivity contribution is -0.122. The van der Waals surface area contributed by atoms with Gasteiger partial charge in [-0.25, -0.2) is 4.98 Å². The Bertz CT molecular complexity index is 1030. The fourth-order valence-electron chi connectivity index (χ4n) is 3.98. The number of amides is 1. The summed E-state index contributed by atoms with van der Waals surface area (Å²) < 4.78 is 1.42. The summed E-state index contributed by atoms with van der Waals surface area (Å²) in [5.41, 5.74) is 0.774. The Morgan fingerprint density at radius 1 is 1.32 bits per heavy atom. The van der Waals surface area contributed by atoms with Crippen LogP contribution in [0.4, 0.5) is 0 Å². The summed E-state index contributed by atoms with van der Waals surface area (Å²) in [4.78, 5) is 34.0. The van der Waals surface area contributed by atoms with Crippen molar-refractivity contribution in [3.05, 3.63) is 39.6 Å². The van der Waals surface area contributed by atoms with Gasteiger partial charge in [0.1, 0.15) is 11.4 Å². The van der Waals surface area contributed by atoms with Crippen LogP contribution in [0.2, 0.25) is 0 Å². The van der Waals surface area contributed by atoms with Crippen molar-refractivity contribution >= 4 is 38.8 Å². The number of likely N-dealkylation sites (N-methyl/N-ethyl adjacent to an activating group) is 1. The predicted molar refractivity (Wildman–Crippen MR) is 115 cm³/mol. The Morgan fingerprint density at radius 3 is 2.79 bits per heavy atom. The fourth-order valence-corrected chi connectivity index (χ4v) is 5.70. The van der Waals surface area contributed by atoms with Gasteiger partial charge in [-0.2, -0.15) is 0 Å². The summed E-state index contributed by atoms with van der Waals surface area (Å²) >= 11 is 3.05. The summed E-state index contributed by atoms with van der Waals surface area (Å²) in [6, 6.07) is 3.97. The van der Waals surface area contributed by atoms with Gasteiger partial charge in [0.15, 0.2) is 0 Å². The molecular weight excluding hydrogens is 392 g/mol. The van der Waals surface area contributed by atoms with Crippen molar-refractivity contribution in [1.29, 1.82) is 0 Å². The van der Waals surface area contributed by atoms with Gasteiger partial charge in [-0.1, -0.05) is 18.9 Å². The molecule has 0 aromatic carbocycles. The minimum absolute atomic E-state index is 0.00892. The summed E-state index contributed by atoms with van der Waals surface area (Å²) in [6.45, 7) is 0.604. The molecule has 3 heterocycles. The molecule has 1 saturated carbocycles. The molecule has 3 aromatic heterocycles. The quantitative estimate of drug-likeness (QED) is 0.670. The van der Waals surface area contributed by atoms with Crippen molar-refractivity contribution in [1.82, 2.24) is 19.8 Å². The molecular formula is C20H24N4O2S2. The maximum atomic E-state index is 13.0. The Hall–Kier alpha value is -2.03. The number of carbonyl (C=O) groups excluding carboxylic acids is 1. The van der Waals surface area contributed by atoms with Gasteiger partial charge in [0, 0.05) is 27.9 Å². The number of carbonyl (C=O) groups is 1. The van der Waals surface area contributed by atoms with Crippen molar-refractivity contribution < 1.29 is 4.79 Å². The molecule has 4 rings (SSSR count). The van der Waals surface area contributed by atoms with Crippen molar-refractivity contribution in [2.45, 2.75) is 37.8 Å². The standard InChI is InChI=1S/C20H24N4O2S2/c1-23(2)20(7-3-4-8-20)12-21-16(25)10-24-13-22-18-17(19(24)26)14(11-28-18)15-6-5-9-27-15/h5-6,9,11,13H,3-4,7-8,10,12H2,1-2H3,(H,21,25). The van der Waals surface area contributed by atoms with E-state index in [0.717, 1.165) is 23.3 Å². The molecule has 8 heteroatoms. The molecule has 148 valence electrons. The van der Waals surface area contributed by atoms with Crippen molar-refractivity contribution in [3.63, 3.8) is 0 Å². The van der Waals surface area contributed by atoms with Crippen LogP contribution in [0.25, 0.3) is 20.7 Å². The number of nitrogens with one attached hydrogen (secondary N) is 1. The van der Waals surface area contributed by atoms with Crippen LogP contribution in [0, 0.1) is 0 Å². The number of hydrogen-bond donors (Lipinski definition) is 1.